The molecule has 0 aliphatic carbocycles. The molecule has 2 aromatic rings. The zero-order chi connectivity index (χ0) is 11.7. The fourth-order valence-electron chi connectivity index (χ4n) is 1.61. The van der Waals surface area contributed by atoms with Gasteiger partial charge in [-0.1, -0.05) is 11.6 Å². The number of nitrogens with zero attached hydrogens (tertiary/aromatic N) is 1. The van der Waals surface area contributed by atoms with Gasteiger partial charge in [-0.15, -0.1) is 11.3 Å². The molecular formula is C11H14ClN3S. The van der Waals surface area contributed by atoms with E-state index in [4.69, 9.17) is 11.6 Å². The minimum Gasteiger partial charge on any atom is -0.375 e. The lowest BCUT2D eigenvalue weighted by Gasteiger charge is -2.13. The first-order valence-corrected chi connectivity index (χ1v) is 6.30. The maximum atomic E-state index is 5.92. The quantitative estimate of drug-likeness (QED) is 0.873. The topological polar surface area (TPSA) is 40.7 Å². The van der Waals surface area contributed by atoms with Gasteiger partial charge in [-0.2, -0.15) is 5.10 Å². The molecule has 0 radical (unpaired) electrons. The van der Waals surface area contributed by atoms with Gasteiger partial charge in [-0.3, -0.25) is 5.10 Å². The van der Waals surface area contributed by atoms with Gasteiger partial charge in [0.1, 0.15) is 0 Å². The molecule has 0 saturated carbocycles. The van der Waals surface area contributed by atoms with Gasteiger partial charge in [0.15, 0.2) is 0 Å². The van der Waals surface area contributed by atoms with Crippen LogP contribution in [0.3, 0.4) is 0 Å². The van der Waals surface area contributed by atoms with Crippen LogP contribution in [-0.4, -0.2) is 10.2 Å². The molecule has 0 aliphatic heterocycles. The molecule has 1 unspecified atom stereocenters. The van der Waals surface area contributed by atoms with Gasteiger partial charge in [0.2, 0.25) is 0 Å². The highest BCUT2D eigenvalue weighted by Crippen LogP contribution is 2.30. The number of hydrogen-bond acceptors (Lipinski definition) is 3. The Hall–Kier alpha value is -1.000. The number of aromatic nitrogens is 2. The Morgan fingerprint density at radius 1 is 1.44 bits per heavy atom. The molecule has 2 rings (SSSR count). The monoisotopic (exact) mass is 255 g/mol. The van der Waals surface area contributed by atoms with Gasteiger partial charge in [0, 0.05) is 4.88 Å². The van der Waals surface area contributed by atoms with Crippen molar-refractivity contribution >= 4 is 28.6 Å². The van der Waals surface area contributed by atoms with Gasteiger partial charge in [-0.05, 0) is 32.9 Å². The Kier molecular flexibility index (Phi) is 3.21. The number of nitrogens with one attached hydrogen (secondary N) is 2. The van der Waals surface area contributed by atoms with E-state index in [1.807, 2.05) is 19.9 Å². The van der Waals surface area contributed by atoms with Crippen molar-refractivity contribution in [3.63, 3.8) is 0 Å². The average Bonchev–Trinajstić information content (AvgIpc) is 2.79. The number of H-pyrrole nitrogens is 1. The number of thiophene rings is 1. The number of aryl methyl sites for hydroxylation is 2. The molecule has 1 atom stereocenters. The highest BCUT2D eigenvalue weighted by molar-refractivity contribution is 7.16. The third-order valence-electron chi connectivity index (χ3n) is 2.51. The first-order valence-electron chi connectivity index (χ1n) is 5.11. The van der Waals surface area contributed by atoms with E-state index in [9.17, 15) is 0 Å². The summed E-state index contributed by atoms with van der Waals surface area (Å²) in [6.07, 6.45) is 0. The van der Waals surface area contributed by atoms with E-state index in [0.717, 1.165) is 21.4 Å². The van der Waals surface area contributed by atoms with Crippen molar-refractivity contribution in [1.29, 1.82) is 0 Å². The molecule has 0 aromatic carbocycles. The van der Waals surface area contributed by atoms with E-state index in [1.54, 1.807) is 11.3 Å². The van der Waals surface area contributed by atoms with Crippen LogP contribution < -0.4 is 5.32 Å². The van der Waals surface area contributed by atoms with Crippen molar-refractivity contribution in [3.8, 4) is 0 Å². The van der Waals surface area contributed by atoms with Crippen molar-refractivity contribution < 1.29 is 0 Å². The molecule has 0 fully saturated rings. The highest BCUT2D eigenvalue weighted by Gasteiger charge is 2.12. The summed E-state index contributed by atoms with van der Waals surface area (Å²) in [4.78, 5) is 1.23. The van der Waals surface area contributed by atoms with E-state index in [2.05, 4.69) is 28.5 Å². The van der Waals surface area contributed by atoms with Gasteiger partial charge >= 0.3 is 0 Å². The van der Waals surface area contributed by atoms with E-state index in [-0.39, 0.29) is 6.04 Å². The predicted molar refractivity (Wildman–Crippen MR) is 69.4 cm³/mol. The van der Waals surface area contributed by atoms with Gasteiger partial charge in [-0.25, -0.2) is 0 Å². The van der Waals surface area contributed by atoms with Crippen LogP contribution in [-0.2, 0) is 0 Å². The van der Waals surface area contributed by atoms with E-state index in [1.165, 1.54) is 4.88 Å². The van der Waals surface area contributed by atoms with Crippen molar-refractivity contribution in [2.24, 2.45) is 0 Å². The summed E-state index contributed by atoms with van der Waals surface area (Å²) in [5.74, 6) is 0. The predicted octanol–water partition coefficient (Wildman–Crippen LogP) is 3.91. The van der Waals surface area contributed by atoms with Crippen molar-refractivity contribution in [2.45, 2.75) is 26.8 Å². The normalized spacial score (nSPS) is 12.8. The van der Waals surface area contributed by atoms with Gasteiger partial charge in [0.05, 0.1) is 27.5 Å². The lowest BCUT2D eigenvalue weighted by atomic mass is 10.2. The average molecular weight is 256 g/mol. The van der Waals surface area contributed by atoms with Crippen LogP contribution in [0.25, 0.3) is 0 Å². The van der Waals surface area contributed by atoms with Crippen LogP contribution >= 0.6 is 22.9 Å². The van der Waals surface area contributed by atoms with Crippen LogP contribution in [0.15, 0.2) is 12.1 Å². The van der Waals surface area contributed by atoms with Crippen LogP contribution in [0.2, 0.25) is 4.34 Å². The molecule has 2 heterocycles. The largest absolute Gasteiger partial charge is 0.375 e. The third kappa shape index (κ3) is 2.23. The number of aromatic amines is 1. The zero-order valence-electron chi connectivity index (χ0n) is 9.47. The maximum absolute atomic E-state index is 5.92. The molecule has 2 N–H and O–H groups in total. The number of anilines is 1. The molecule has 5 heteroatoms. The van der Waals surface area contributed by atoms with Gasteiger partial charge in [0.25, 0.3) is 0 Å². The molecule has 0 aliphatic rings. The fraction of sp³-hybridized carbons (Fsp3) is 0.364. The maximum Gasteiger partial charge on any atom is 0.0932 e. The summed E-state index contributed by atoms with van der Waals surface area (Å²) in [6, 6.07) is 4.22. The molecule has 0 amide bonds. The smallest absolute Gasteiger partial charge is 0.0932 e. The van der Waals surface area contributed by atoms with Crippen LogP contribution in [0.5, 0.6) is 0 Å². The molecule has 0 bridgehead atoms. The number of hydrogen-bond donors (Lipinski definition) is 2. The molecule has 2 aromatic heterocycles. The summed E-state index contributed by atoms with van der Waals surface area (Å²) in [6.45, 7) is 6.12. The molecule has 86 valence electrons. The second-order valence-electron chi connectivity index (χ2n) is 3.82. The Bertz CT molecular complexity index is 470. The standard InChI is InChI=1S/C11H14ClN3S/c1-6(9-4-5-10(12)16-9)13-11-7(2)14-15-8(11)3/h4-6,13H,1-3H3,(H,14,15). The summed E-state index contributed by atoms with van der Waals surface area (Å²) < 4.78 is 0.823. The Morgan fingerprint density at radius 2 is 2.19 bits per heavy atom. The SMILES string of the molecule is Cc1n[nH]c(C)c1NC(C)c1ccc(Cl)s1. The molecule has 0 saturated heterocycles. The van der Waals surface area contributed by atoms with Crippen molar-refractivity contribution in [2.75, 3.05) is 5.32 Å². The van der Waals surface area contributed by atoms with Crippen molar-refractivity contribution in [3.05, 3.63) is 32.7 Å². The Morgan fingerprint density at radius 3 is 2.69 bits per heavy atom. The minimum atomic E-state index is 0.243. The second-order valence-corrected chi connectivity index (χ2v) is 5.56. The van der Waals surface area contributed by atoms with Gasteiger partial charge < -0.3 is 5.32 Å². The van der Waals surface area contributed by atoms with Crippen molar-refractivity contribution in [1.82, 2.24) is 10.2 Å². The minimum absolute atomic E-state index is 0.243. The van der Waals surface area contributed by atoms with Crippen LogP contribution in [0, 0.1) is 13.8 Å². The van der Waals surface area contributed by atoms with E-state index < -0.39 is 0 Å². The number of halogens is 1. The fourth-order valence-corrected chi connectivity index (χ4v) is 2.68. The first kappa shape index (κ1) is 11.5. The molecule has 16 heavy (non-hydrogen) atoms. The third-order valence-corrected chi connectivity index (χ3v) is 3.92. The summed E-state index contributed by atoms with van der Waals surface area (Å²) >= 11 is 7.52. The highest BCUT2D eigenvalue weighted by atomic mass is 35.5. The molecular weight excluding hydrogens is 242 g/mol. The molecule has 3 nitrogen and oxygen atoms in total. The van der Waals surface area contributed by atoms with E-state index in [0.29, 0.717) is 0 Å². The lowest BCUT2D eigenvalue weighted by Crippen LogP contribution is -2.06. The second kappa shape index (κ2) is 4.47. The summed E-state index contributed by atoms with van der Waals surface area (Å²) in [7, 11) is 0. The summed E-state index contributed by atoms with van der Waals surface area (Å²) in [5.41, 5.74) is 3.14. The van der Waals surface area contributed by atoms with E-state index >= 15 is 0 Å². The Balaban J connectivity index is 2.16. The zero-order valence-corrected chi connectivity index (χ0v) is 11.0. The lowest BCUT2D eigenvalue weighted by molar-refractivity contribution is 0.903. The van der Waals surface area contributed by atoms with Crippen LogP contribution in [0.1, 0.15) is 29.2 Å². The first-order chi connectivity index (χ1) is 7.58. The number of rotatable bonds is 3. The molecule has 0 spiro atoms. The Labute approximate surface area is 104 Å². The summed E-state index contributed by atoms with van der Waals surface area (Å²) in [5, 5.41) is 10.6. The van der Waals surface area contributed by atoms with Crippen LogP contribution in [0.4, 0.5) is 5.69 Å².